The van der Waals surface area contributed by atoms with E-state index in [1.54, 1.807) is 11.3 Å². The predicted molar refractivity (Wildman–Crippen MR) is 86.9 cm³/mol. The lowest BCUT2D eigenvalue weighted by atomic mass is 10.1. The first-order valence-electron chi connectivity index (χ1n) is 6.91. The summed E-state index contributed by atoms with van der Waals surface area (Å²) in [6.07, 6.45) is 4.77. The molecule has 3 aromatic rings. The zero-order valence-corrected chi connectivity index (χ0v) is 13.0. The Morgan fingerprint density at radius 1 is 1.38 bits per heavy atom. The lowest BCUT2D eigenvalue weighted by Gasteiger charge is -2.27. The van der Waals surface area contributed by atoms with Crippen molar-refractivity contribution in [1.82, 2.24) is 19.9 Å². The fraction of sp³-hybridized carbons (Fsp3) is 0.267. The van der Waals surface area contributed by atoms with Gasteiger partial charge in [-0.15, -0.1) is 11.3 Å². The van der Waals surface area contributed by atoms with Crippen LogP contribution >= 0.6 is 23.6 Å². The Morgan fingerprint density at radius 3 is 3.24 bits per heavy atom. The summed E-state index contributed by atoms with van der Waals surface area (Å²) in [5.41, 5.74) is 2.50. The van der Waals surface area contributed by atoms with Crippen LogP contribution in [0.3, 0.4) is 0 Å². The Morgan fingerprint density at radius 2 is 2.33 bits per heavy atom. The van der Waals surface area contributed by atoms with Crippen LogP contribution in [0.1, 0.15) is 16.1 Å². The molecule has 4 rings (SSSR count). The number of nitrogens with zero attached hydrogens (tertiary/aromatic N) is 3. The van der Waals surface area contributed by atoms with Crippen molar-refractivity contribution in [3.8, 4) is 0 Å². The van der Waals surface area contributed by atoms with E-state index in [-0.39, 0.29) is 0 Å². The van der Waals surface area contributed by atoms with Gasteiger partial charge in [-0.3, -0.25) is 4.90 Å². The third-order valence-electron chi connectivity index (χ3n) is 3.78. The maximum atomic E-state index is 5.08. The summed E-state index contributed by atoms with van der Waals surface area (Å²) in [6.45, 7) is 2.94. The zero-order valence-electron chi connectivity index (χ0n) is 11.4. The van der Waals surface area contributed by atoms with E-state index in [1.165, 1.54) is 21.5 Å². The van der Waals surface area contributed by atoms with Gasteiger partial charge in [0.25, 0.3) is 0 Å². The minimum absolute atomic E-state index is 0.581. The molecule has 0 amide bonds. The van der Waals surface area contributed by atoms with E-state index in [2.05, 4.69) is 32.0 Å². The van der Waals surface area contributed by atoms with E-state index in [0.29, 0.717) is 4.77 Å². The van der Waals surface area contributed by atoms with Gasteiger partial charge in [0, 0.05) is 60.0 Å². The third-order valence-corrected chi connectivity index (χ3v) is 5.03. The summed E-state index contributed by atoms with van der Waals surface area (Å²) in [5, 5.41) is 1.24. The first-order valence-corrected chi connectivity index (χ1v) is 8.13. The molecule has 0 unspecified atom stereocenters. The lowest BCUT2D eigenvalue weighted by Crippen LogP contribution is -2.30. The number of H-pyrrole nitrogens is 1. The van der Waals surface area contributed by atoms with Crippen molar-refractivity contribution in [2.24, 2.45) is 0 Å². The van der Waals surface area contributed by atoms with Crippen LogP contribution in [0.15, 0.2) is 30.6 Å². The fourth-order valence-corrected chi connectivity index (χ4v) is 3.98. The minimum Gasteiger partial charge on any atom is -0.334 e. The number of hydrogen-bond donors (Lipinski definition) is 1. The quantitative estimate of drug-likeness (QED) is 0.737. The van der Waals surface area contributed by atoms with E-state index < -0.39 is 0 Å². The Balaban J connectivity index is 1.55. The number of thiophene rings is 1. The van der Waals surface area contributed by atoms with Gasteiger partial charge in [0.05, 0.1) is 0 Å². The fourth-order valence-electron chi connectivity index (χ4n) is 2.76. The van der Waals surface area contributed by atoms with Crippen molar-refractivity contribution in [1.29, 1.82) is 0 Å². The molecule has 21 heavy (non-hydrogen) atoms. The van der Waals surface area contributed by atoms with Gasteiger partial charge in [0.15, 0.2) is 4.77 Å². The Kier molecular flexibility index (Phi) is 3.29. The molecule has 0 atom stereocenters. The van der Waals surface area contributed by atoms with E-state index in [9.17, 15) is 0 Å². The van der Waals surface area contributed by atoms with E-state index >= 15 is 0 Å². The number of aromatic amines is 1. The van der Waals surface area contributed by atoms with Crippen LogP contribution in [0.5, 0.6) is 0 Å². The molecule has 0 spiro atoms. The molecule has 0 bridgehead atoms. The Labute approximate surface area is 131 Å². The van der Waals surface area contributed by atoms with Gasteiger partial charge in [0.2, 0.25) is 0 Å². The maximum absolute atomic E-state index is 5.08. The number of fused-ring (bicyclic) bond motifs is 2. The van der Waals surface area contributed by atoms with Crippen molar-refractivity contribution in [2.45, 2.75) is 19.5 Å². The molecule has 3 aromatic heterocycles. The largest absolute Gasteiger partial charge is 0.334 e. The molecule has 1 aliphatic rings. The third kappa shape index (κ3) is 2.62. The monoisotopic (exact) mass is 314 g/mol. The number of pyridine rings is 1. The predicted octanol–water partition coefficient (Wildman–Crippen LogP) is 3.31. The summed E-state index contributed by atoms with van der Waals surface area (Å²) in [5.74, 6) is 0. The molecule has 0 radical (unpaired) electrons. The first kappa shape index (κ1) is 13.1. The summed E-state index contributed by atoms with van der Waals surface area (Å²) >= 11 is 6.86. The Hall–Kier alpha value is -1.63. The number of aromatic nitrogens is 3. The smallest absolute Gasteiger partial charge is 0.196 e. The van der Waals surface area contributed by atoms with Gasteiger partial charge in [-0.2, -0.15) is 0 Å². The SMILES string of the molecule is S=c1ncc2c([nH]1)CCN(Cc1cc3cccnc3s1)C2. The van der Waals surface area contributed by atoms with E-state index in [1.807, 2.05) is 18.5 Å². The molecule has 0 aromatic carbocycles. The maximum Gasteiger partial charge on any atom is 0.196 e. The number of nitrogens with one attached hydrogen (secondary N) is 1. The summed E-state index contributed by atoms with van der Waals surface area (Å²) < 4.78 is 0.581. The van der Waals surface area contributed by atoms with Crippen molar-refractivity contribution in [2.75, 3.05) is 6.54 Å². The molecule has 0 saturated heterocycles. The summed E-state index contributed by atoms with van der Waals surface area (Å²) in [4.78, 5) is 16.7. The van der Waals surface area contributed by atoms with Gasteiger partial charge in [-0.25, -0.2) is 9.97 Å². The molecule has 6 heteroatoms. The van der Waals surface area contributed by atoms with Gasteiger partial charge >= 0.3 is 0 Å². The van der Waals surface area contributed by atoms with Gasteiger partial charge in [-0.05, 0) is 24.4 Å². The average molecular weight is 314 g/mol. The minimum atomic E-state index is 0.581. The highest BCUT2D eigenvalue weighted by Gasteiger charge is 2.17. The molecule has 4 nitrogen and oxygen atoms in total. The molecular weight excluding hydrogens is 300 g/mol. The molecule has 0 fully saturated rings. The lowest BCUT2D eigenvalue weighted by molar-refractivity contribution is 0.245. The topological polar surface area (TPSA) is 44.8 Å². The number of hydrogen-bond acceptors (Lipinski definition) is 5. The molecule has 4 heterocycles. The number of rotatable bonds is 2. The standard InChI is InChI=1S/C15H14N4S2/c20-15-17-7-11-8-19(5-3-13(11)18-15)9-12-6-10-2-1-4-16-14(10)21-12/h1-2,4,6-7H,3,5,8-9H2,(H,17,18,20). The van der Waals surface area contributed by atoms with E-state index in [4.69, 9.17) is 12.2 Å². The van der Waals surface area contributed by atoms with E-state index in [0.717, 1.165) is 30.9 Å². The molecule has 106 valence electrons. The molecule has 0 saturated carbocycles. The normalized spacial score (nSPS) is 15.2. The van der Waals surface area contributed by atoms with Crippen molar-refractivity contribution >= 4 is 33.8 Å². The van der Waals surface area contributed by atoms with Crippen LogP contribution < -0.4 is 0 Å². The highest BCUT2D eigenvalue weighted by Crippen LogP contribution is 2.26. The average Bonchev–Trinajstić information content (AvgIpc) is 2.89. The van der Waals surface area contributed by atoms with Crippen LogP contribution in [-0.2, 0) is 19.5 Å². The van der Waals surface area contributed by atoms with Crippen LogP contribution in [0.4, 0.5) is 0 Å². The second kappa shape index (κ2) is 5.29. The van der Waals surface area contributed by atoms with Gasteiger partial charge < -0.3 is 4.98 Å². The van der Waals surface area contributed by atoms with Crippen LogP contribution in [-0.4, -0.2) is 26.4 Å². The highest BCUT2D eigenvalue weighted by atomic mass is 32.1. The van der Waals surface area contributed by atoms with Crippen LogP contribution in [0, 0.1) is 4.77 Å². The molecular formula is C15H14N4S2. The van der Waals surface area contributed by atoms with Crippen LogP contribution in [0.2, 0.25) is 0 Å². The molecule has 1 N–H and O–H groups in total. The van der Waals surface area contributed by atoms with Crippen molar-refractivity contribution < 1.29 is 0 Å². The van der Waals surface area contributed by atoms with Crippen molar-refractivity contribution in [3.05, 3.63) is 51.5 Å². The van der Waals surface area contributed by atoms with Gasteiger partial charge in [-0.1, -0.05) is 6.07 Å². The first-order chi connectivity index (χ1) is 10.3. The van der Waals surface area contributed by atoms with Crippen molar-refractivity contribution in [3.63, 3.8) is 0 Å². The second-order valence-electron chi connectivity index (χ2n) is 5.26. The second-order valence-corrected chi connectivity index (χ2v) is 6.77. The molecule has 1 aliphatic heterocycles. The Bertz CT molecular complexity index is 819. The zero-order chi connectivity index (χ0) is 14.2. The van der Waals surface area contributed by atoms with Gasteiger partial charge in [0.1, 0.15) is 4.83 Å². The summed E-state index contributed by atoms with van der Waals surface area (Å²) in [7, 11) is 0. The summed E-state index contributed by atoms with van der Waals surface area (Å²) in [6, 6.07) is 6.36. The van der Waals surface area contributed by atoms with Crippen LogP contribution in [0.25, 0.3) is 10.2 Å². The highest BCUT2D eigenvalue weighted by molar-refractivity contribution is 7.71. The molecule has 0 aliphatic carbocycles.